The number of ether oxygens (including phenoxy) is 1. The van der Waals surface area contributed by atoms with Crippen LogP contribution in [0.5, 0.6) is 0 Å². The van der Waals surface area contributed by atoms with Crippen LogP contribution in [-0.2, 0) is 24.5 Å². The van der Waals surface area contributed by atoms with Gasteiger partial charge in [-0.05, 0) is 36.1 Å². The van der Waals surface area contributed by atoms with E-state index in [0.29, 0.717) is 25.0 Å². The molecule has 2 unspecified atom stereocenters. The van der Waals surface area contributed by atoms with Gasteiger partial charge < -0.3 is 14.6 Å². The number of hydrogen-bond donors (Lipinski definition) is 1. The molecule has 4 rings (SSSR count). The van der Waals surface area contributed by atoms with Crippen LogP contribution >= 0.6 is 0 Å². The van der Waals surface area contributed by atoms with Crippen LogP contribution in [-0.4, -0.2) is 17.7 Å². The molecule has 1 N–H and O–H groups in total. The molecule has 1 aromatic heterocycles. The lowest BCUT2D eigenvalue weighted by Crippen LogP contribution is -2.45. The summed E-state index contributed by atoms with van der Waals surface area (Å²) in [7, 11) is 0. The number of fused-ring (bicyclic) bond motifs is 4. The van der Waals surface area contributed by atoms with Crippen LogP contribution in [0.1, 0.15) is 29.2 Å². The summed E-state index contributed by atoms with van der Waals surface area (Å²) in [6.07, 6.45) is 1.20. The third-order valence-electron chi connectivity index (χ3n) is 4.90. The van der Waals surface area contributed by atoms with Crippen LogP contribution < -0.4 is 10.9 Å². The topological polar surface area (TPSA) is 43.3 Å². The third kappa shape index (κ3) is 3.09. The number of hydrogen-bond acceptors (Lipinski definition) is 3. The van der Waals surface area contributed by atoms with E-state index in [1.165, 1.54) is 12.1 Å². The monoisotopic (exact) mass is 310 g/mol. The van der Waals surface area contributed by atoms with Crippen molar-refractivity contribution in [3.05, 3.63) is 69.6 Å². The van der Waals surface area contributed by atoms with Gasteiger partial charge in [-0.1, -0.05) is 30.3 Å². The third-order valence-corrected chi connectivity index (χ3v) is 4.90. The minimum Gasteiger partial charge on any atom is -0.372 e. The second-order valence-corrected chi connectivity index (χ2v) is 6.67. The lowest BCUT2D eigenvalue weighted by Gasteiger charge is -2.37. The van der Waals surface area contributed by atoms with Crippen LogP contribution in [0.2, 0.25) is 0 Å². The maximum atomic E-state index is 12.4. The lowest BCUT2D eigenvalue weighted by molar-refractivity contribution is 0.106. The van der Waals surface area contributed by atoms with Gasteiger partial charge in [0.1, 0.15) is 0 Å². The fraction of sp³-hybridized carbons (Fsp3) is 0.421. The van der Waals surface area contributed by atoms with E-state index in [0.717, 1.165) is 30.8 Å². The molecule has 0 saturated carbocycles. The molecule has 23 heavy (non-hydrogen) atoms. The smallest absolute Gasteiger partial charge is 0.251 e. The Morgan fingerprint density at radius 2 is 1.91 bits per heavy atom. The van der Waals surface area contributed by atoms with E-state index in [-0.39, 0.29) is 5.56 Å². The highest BCUT2D eigenvalue weighted by Crippen LogP contribution is 2.32. The van der Waals surface area contributed by atoms with E-state index in [1.807, 2.05) is 22.8 Å². The Morgan fingerprint density at radius 1 is 1.09 bits per heavy atom. The quantitative estimate of drug-likeness (QED) is 0.942. The molecule has 2 atom stereocenters. The molecule has 4 heteroatoms. The van der Waals surface area contributed by atoms with E-state index in [2.05, 4.69) is 23.5 Å². The van der Waals surface area contributed by atoms with Gasteiger partial charge in [-0.2, -0.15) is 0 Å². The molecular formula is C19H22N2O2. The summed E-state index contributed by atoms with van der Waals surface area (Å²) in [5.41, 5.74) is 3.44. The molecule has 2 aromatic rings. The normalized spacial score (nSPS) is 22.6. The molecule has 2 aliphatic heterocycles. The molecule has 120 valence electrons. The summed E-state index contributed by atoms with van der Waals surface area (Å²) in [6, 6.07) is 14.0. The van der Waals surface area contributed by atoms with E-state index in [4.69, 9.17) is 4.74 Å². The molecule has 2 bridgehead atoms. The highest BCUT2D eigenvalue weighted by molar-refractivity contribution is 5.23. The fourth-order valence-electron chi connectivity index (χ4n) is 3.80. The fourth-order valence-corrected chi connectivity index (χ4v) is 3.80. The van der Waals surface area contributed by atoms with Crippen molar-refractivity contribution in [1.82, 2.24) is 9.88 Å². The van der Waals surface area contributed by atoms with Gasteiger partial charge in [0.05, 0.1) is 13.2 Å². The summed E-state index contributed by atoms with van der Waals surface area (Å²) in [4.78, 5) is 12.4. The number of piperidine rings is 1. The SMILES string of the molecule is O=c1cc(COCc2ccccc2)cc2n1CC1CNCC2C1. The molecule has 0 amide bonds. The Balaban J connectivity index is 1.50. The first-order valence-electron chi connectivity index (χ1n) is 8.35. The second-order valence-electron chi connectivity index (χ2n) is 6.67. The summed E-state index contributed by atoms with van der Waals surface area (Å²) < 4.78 is 7.76. The average Bonchev–Trinajstić information content (AvgIpc) is 2.57. The number of pyridine rings is 1. The van der Waals surface area contributed by atoms with Crippen molar-refractivity contribution >= 4 is 0 Å². The van der Waals surface area contributed by atoms with Crippen LogP contribution in [0.4, 0.5) is 0 Å². The first-order valence-corrected chi connectivity index (χ1v) is 8.35. The van der Waals surface area contributed by atoms with E-state index >= 15 is 0 Å². The Bertz CT molecular complexity index is 739. The van der Waals surface area contributed by atoms with Crippen molar-refractivity contribution in [2.24, 2.45) is 5.92 Å². The van der Waals surface area contributed by atoms with Gasteiger partial charge in [0.2, 0.25) is 0 Å². The van der Waals surface area contributed by atoms with Gasteiger partial charge in [-0.3, -0.25) is 4.79 Å². The number of nitrogens with zero attached hydrogens (tertiary/aromatic N) is 1. The molecule has 0 spiro atoms. The van der Waals surface area contributed by atoms with Gasteiger partial charge in [0.25, 0.3) is 5.56 Å². The number of rotatable bonds is 4. The molecule has 4 nitrogen and oxygen atoms in total. The Kier molecular flexibility index (Phi) is 4.02. The minimum atomic E-state index is 0.123. The Hall–Kier alpha value is -1.91. The molecule has 1 saturated heterocycles. The van der Waals surface area contributed by atoms with Crippen molar-refractivity contribution in [2.75, 3.05) is 13.1 Å². The Labute approximate surface area is 136 Å². The van der Waals surface area contributed by atoms with E-state index < -0.39 is 0 Å². The van der Waals surface area contributed by atoms with Crippen molar-refractivity contribution in [3.63, 3.8) is 0 Å². The highest BCUT2D eigenvalue weighted by Gasteiger charge is 2.30. The zero-order chi connectivity index (χ0) is 15.6. The zero-order valence-corrected chi connectivity index (χ0v) is 13.2. The summed E-state index contributed by atoms with van der Waals surface area (Å²) in [5, 5.41) is 3.48. The van der Waals surface area contributed by atoms with Crippen LogP contribution in [0, 0.1) is 5.92 Å². The largest absolute Gasteiger partial charge is 0.372 e. The van der Waals surface area contributed by atoms with Crippen molar-refractivity contribution in [1.29, 1.82) is 0 Å². The highest BCUT2D eigenvalue weighted by atomic mass is 16.5. The van der Waals surface area contributed by atoms with Crippen molar-refractivity contribution < 1.29 is 4.74 Å². The van der Waals surface area contributed by atoms with E-state index in [1.54, 1.807) is 6.07 Å². The minimum absolute atomic E-state index is 0.123. The molecule has 0 radical (unpaired) electrons. The predicted molar refractivity (Wildman–Crippen MR) is 89.4 cm³/mol. The second kappa shape index (κ2) is 6.30. The maximum Gasteiger partial charge on any atom is 0.251 e. The van der Waals surface area contributed by atoms with Crippen molar-refractivity contribution in [2.45, 2.75) is 32.1 Å². The summed E-state index contributed by atoms with van der Waals surface area (Å²) in [6.45, 7) is 3.92. The molecule has 1 fully saturated rings. The molecule has 3 heterocycles. The molecule has 2 aliphatic rings. The first kappa shape index (κ1) is 14.7. The first-order chi connectivity index (χ1) is 11.3. The number of nitrogens with one attached hydrogen (secondary N) is 1. The Morgan fingerprint density at radius 3 is 2.78 bits per heavy atom. The van der Waals surface area contributed by atoms with Gasteiger partial charge in [0, 0.05) is 30.8 Å². The number of aromatic nitrogens is 1. The van der Waals surface area contributed by atoms with Gasteiger partial charge in [0.15, 0.2) is 0 Å². The maximum absolute atomic E-state index is 12.4. The summed E-state index contributed by atoms with van der Waals surface area (Å²) in [5.74, 6) is 1.06. The predicted octanol–water partition coefficient (Wildman–Crippen LogP) is 2.27. The molecular weight excluding hydrogens is 288 g/mol. The standard InChI is InChI=1S/C19H22N2O2/c22-19-8-15(13-23-12-14-4-2-1-3-5-14)7-18-17-6-16(9-20-10-17)11-21(18)19/h1-5,7-8,16-17,20H,6,9-13H2. The van der Waals surface area contributed by atoms with Gasteiger partial charge >= 0.3 is 0 Å². The molecule has 1 aromatic carbocycles. The average molecular weight is 310 g/mol. The lowest BCUT2D eigenvalue weighted by atomic mass is 9.84. The van der Waals surface area contributed by atoms with Gasteiger partial charge in [-0.15, -0.1) is 0 Å². The molecule has 0 aliphatic carbocycles. The van der Waals surface area contributed by atoms with Crippen LogP contribution in [0.15, 0.2) is 47.3 Å². The summed E-state index contributed by atoms with van der Waals surface area (Å²) >= 11 is 0. The van der Waals surface area contributed by atoms with Gasteiger partial charge in [-0.25, -0.2) is 0 Å². The number of benzene rings is 1. The van der Waals surface area contributed by atoms with Crippen LogP contribution in [0.25, 0.3) is 0 Å². The zero-order valence-electron chi connectivity index (χ0n) is 13.2. The van der Waals surface area contributed by atoms with Crippen LogP contribution in [0.3, 0.4) is 0 Å². The van der Waals surface area contributed by atoms with E-state index in [9.17, 15) is 4.79 Å². The van der Waals surface area contributed by atoms with Crippen molar-refractivity contribution in [3.8, 4) is 0 Å².